The third kappa shape index (κ3) is 4.70. The lowest BCUT2D eigenvalue weighted by Crippen LogP contribution is -2.45. The number of nitrogens with one attached hydrogen (secondary N) is 1. The highest BCUT2D eigenvalue weighted by Gasteiger charge is 2.40. The van der Waals surface area contributed by atoms with Gasteiger partial charge < -0.3 is 19.7 Å². The van der Waals surface area contributed by atoms with E-state index in [1.165, 1.54) is 0 Å². The molecule has 1 atom stereocenters. The Bertz CT molecular complexity index is 1050. The quantitative estimate of drug-likeness (QED) is 0.441. The Morgan fingerprint density at radius 3 is 2.64 bits per heavy atom. The molecule has 2 fully saturated rings. The number of amides is 1. The summed E-state index contributed by atoms with van der Waals surface area (Å²) in [5.74, 6) is 0.828. The monoisotopic (exact) mass is 494 g/mol. The van der Waals surface area contributed by atoms with Crippen molar-refractivity contribution >= 4 is 42.9 Å². The van der Waals surface area contributed by atoms with E-state index in [2.05, 4.69) is 54.0 Å². The minimum absolute atomic E-state index is 0.0562. The first-order valence-corrected chi connectivity index (χ1v) is 15.0. The number of aromatic nitrogens is 4. The first kappa shape index (κ1) is 24.2. The van der Waals surface area contributed by atoms with Gasteiger partial charge in [0.15, 0.2) is 14.0 Å². The van der Waals surface area contributed by atoms with Crippen LogP contribution < -0.4 is 10.2 Å². The van der Waals surface area contributed by atoms with Crippen molar-refractivity contribution in [2.45, 2.75) is 89.6 Å². The van der Waals surface area contributed by atoms with Gasteiger partial charge in [-0.05, 0) is 62.3 Å². The van der Waals surface area contributed by atoms with Gasteiger partial charge in [0, 0.05) is 12.6 Å². The van der Waals surface area contributed by atoms with Crippen LogP contribution in [0.2, 0.25) is 23.4 Å². The Labute approximate surface area is 201 Å². The average Bonchev–Trinajstić information content (AvgIpc) is 3.26. The smallest absolute Gasteiger partial charge is 0.404 e. The molecule has 0 radical (unpaired) electrons. The lowest BCUT2D eigenvalue weighted by atomic mass is 9.87. The molecule has 1 saturated carbocycles. The third-order valence-corrected chi connectivity index (χ3v) is 12.2. The number of anilines is 1. The Hall–Kier alpha value is -1.91. The molecule has 0 aromatic carbocycles. The number of halogens is 1. The maximum Gasteiger partial charge on any atom is 0.404 e. The molecule has 1 aliphatic carbocycles. The van der Waals surface area contributed by atoms with Crippen molar-refractivity contribution in [3.63, 3.8) is 0 Å². The summed E-state index contributed by atoms with van der Waals surface area (Å²) in [6.07, 6.45) is 2.51. The van der Waals surface area contributed by atoms with Crippen molar-refractivity contribution in [3.05, 3.63) is 11.0 Å². The fraction of sp³-hybridized carbons (Fsp3) is 0.727. The molecule has 1 aliphatic heterocycles. The number of hydrogen-bond donors (Lipinski definition) is 2. The Morgan fingerprint density at radius 1 is 1.30 bits per heavy atom. The lowest BCUT2D eigenvalue weighted by molar-refractivity contribution is 0.165. The van der Waals surface area contributed by atoms with E-state index in [1.807, 2.05) is 11.6 Å². The molecule has 0 spiro atoms. The minimum Gasteiger partial charge on any atom is -0.465 e. The van der Waals surface area contributed by atoms with E-state index in [-0.39, 0.29) is 28.4 Å². The van der Waals surface area contributed by atoms with Crippen LogP contribution >= 0.6 is 11.6 Å². The average molecular weight is 495 g/mol. The van der Waals surface area contributed by atoms with Gasteiger partial charge in [-0.3, -0.25) is 0 Å². The predicted molar refractivity (Wildman–Crippen MR) is 132 cm³/mol. The molecule has 33 heavy (non-hydrogen) atoms. The van der Waals surface area contributed by atoms with Crippen LogP contribution in [0.3, 0.4) is 0 Å². The van der Waals surface area contributed by atoms with E-state index < -0.39 is 14.4 Å². The molecule has 3 heterocycles. The van der Waals surface area contributed by atoms with Crippen molar-refractivity contribution in [3.8, 4) is 0 Å². The zero-order chi connectivity index (χ0) is 24.1. The summed E-state index contributed by atoms with van der Waals surface area (Å²) in [7, 11) is -1.85. The predicted octanol–water partition coefficient (Wildman–Crippen LogP) is 4.75. The first-order chi connectivity index (χ1) is 15.4. The van der Waals surface area contributed by atoms with Gasteiger partial charge in [0.1, 0.15) is 5.82 Å². The number of hydrogen-bond acceptors (Lipinski definition) is 6. The summed E-state index contributed by atoms with van der Waals surface area (Å²) in [5, 5.41) is 17.6. The van der Waals surface area contributed by atoms with Crippen LogP contribution in [-0.4, -0.2) is 64.5 Å². The highest BCUT2D eigenvalue weighted by molar-refractivity contribution is 6.74. The highest BCUT2D eigenvalue weighted by Crippen LogP contribution is 2.40. The van der Waals surface area contributed by atoms with Crippen molar-refractivity contribution in [2.75, 3.05) is 18.1 Å². The van der Waals surface area contributed by atoms with E-state index in [0.29, 0.717) is 19.4 Å². The van der Waals surface area contributed by atoms with E-state index in [4.69, 9.17) is 26.2 Å². The van der Waals surface area contributed by atoms with Gasteiger partial charge in [-0.25, -0.2) is 9.48 Å². The van der Waals surface area contributed by atoms with Gasteiger partial charge >= 0.3 is 6.09 Å². The van der Waals surface area contributed by atoms with E-state index in [9.17, 15) is 4.79 Å². The Balaban J connectivity index is 1.60. The van der Waals surface area contributed by atoms with Crippen molar-refractivity contribution < 1.29 is 14.3 Å². The number of fused-ring (bicyclic) bond motifs is 1. The normalized spacial score (nSPS) is 23.7. The molecule has 4 rings (SSSR count). The number of nitrogens with zero attached hydrogens (tertiary/aromatic N) is 5. The van der Waals surface area contributed by atoms with Crippen LogP contribution in [-0.2, 0) is 4.43 Å². The van der Waals surface area contributed by atoms with Crippen LogP contribution in [0.4, 0.5) is 10.6 Å². The number of carbonyl (C=O) groups is 1. The van der Waals surface area contributed by atoms with Gasteiger partial charge in [-0.1, -0.05) is 20.8 Å². The molecular weight excluding hydrogens is 460 g/mol. The van der Waals surface area contributed by atoms with E-state index in [0.717, 1.165) is 41.9 Å². The molecule has 2 aromatic heterocycles. The Kier molecular flexibility index (Phi) is 6.39. The first-order valence-electron chi connectivity index (χ1n) is 11.7. The Morgan fingerprint density at radius 2 is 2.00 bits per heavy atom. The second-order valence-corrected chi connectivity index (χ2v) is 16.0. The SMILES string of the molecule is Cc1nn(C2CC(NC(=O)O)C2)c2nc(Cl)nc(N3CCC[C@H]3CO[Si](C)(C)C(C)(C)C)c12. The fourth-order valence-corrected chi connectivity index (χ4v) is 5.71. The number of rotatable bonds is 6. The van der Waals surface area contributed by atoms with Crippen LogP contribution in [0.15, 0.2) is 0 Å². The van der Waals surface area contributed by atoms with Crippen LogP contribution in [0.25, 0.3) is 11.0 Å². The fourth-order valence-electron chi connectivity index (χ4n) is 4.51. The van der Waals surface area contributed by atoms with Gasteiger partial charge in [0.05, 0.1) is 29.8 Å². The molecule has 182 valence electrons. The molecule has 0 unspecified atom stereocenters. The summed E-state index contributed by atoms with van der Waals surface area (Å²) < 4.78 is 8.46. The zero-order valence-electron chi connectivity index (χ0n) is 20.4. The summed E-state index contributed by atoms with van der Waals surface area (Å²) >= 11 is 6.40. The van der Waals surface area contributed by atoms with Gasteiger partial charge in [0.2, 0.25) is 5.28 Å². The molecular formula is C22H35ClN6O3Si. The summed E-state index contributed by atoms with van der Waals surface area (Å²) in [4.78, 5) is 22.4. The largest absolute Gasteiger partial charge is 0.465 e. The summed E-state index contributed by atoms with van der Waals surface area (Å²) in [6, 6.07) is 0.274. The van der Waals surface area contributed by atoms with Crippen molar-refractivity contribution in [1.29, 1.82) is 0 Å². The standard InChI is InChI=1S/C22H35ClN6O3Si/c1-13-17-18(28-9-7-8-15(28)12-32-33(5,6)22(2,3)4)25-20(23)26-19(17)29(27-13)16-10-14(11-16)24-21(30)31/h14-16,24H,7-12H2,1-6H3,(H,30,31)/t14?,15-,16?/m0/s1. The third-order valence-electron chi connectivity index (χ3n) is 7.56. The van der Waals surface area contributed by atoms with Gasteiger partial charge in [-0.2, -0.15) is 15.1 Å². The number of carboxylic acid groups (broad SMARTS) is 1. The second-order valence-electron chi connectivity index (χ2n) is 10.9. The lowest BCUT2D eigenvalue weighted by Gasteiger charge is -2.38. The van der Waals surface area contributed by atoms with Crippen LogP contribution in [0, 0.1) is 6.92 Å². The maximum absolute atomic E-state index is 10.9. The summed E-state index contributed by atoms with van der Waals surface area (Å²) in [6.45, 7) is 14.9. The molecule has 2 N–H and O–H groups in total. The van der Waals surface area contributed by atoms with Crippen LogP contribution in [0.5, 0.6) is 0 Å². The van der Waals surface area contributed by atoms with Crippen molar-refractivity contribution in [1.82, 2.24) is 25.1 Å². The number of aryl methyl sites for hydroxylation is 1. The topological polar surface area (TPSA) is 105 Å². The van der Waals surface area contributed by atoms with E-state index in [1.54, 1.807) is 0 Å². The molecule has 1 amide bonds. The molecule has 1 saturated heterocycles. The van der Waals surface area contributed by atoms with Crippen LogP contribution in [0.1, 0.15) is 58.2 Å². The van der Waals surface area contributed by atoms with Gasteiger partial charge in [0.25, 0.3) is 0 Å². The molecule has 2 aliphatic rings. The zero-order valence-corrected chi connectivity index (χ0v) is 22.1. The molecule has 2 aromatic rings. The van der Waals surface area contributed by atoms with Crippen molar-refractivity contribution in [2.24, 2.45) is 0 Å². The highest BCUT2D eigenvalue weighted by atomic mass is 35.5. The van der Waals surface area contributed by atoms with Gasteiger partial charge in [-0.15, -0.1) is 0 Å². The summed E-state index contributed by atoms with van der Waals surface area (Å²) in [5.41, 5.74) is 1.58. The molecule has 0 bridgehead atoms. The second kappa shape index (κ2) is 8.70. The molecule has 9 nitrogen and oxygen atoms in total. The maximum atomic E-state index is 10.9. The molecule has 11 heteroatoms. The minimum atomic E-state index is -1.85. The van der Waals surface area contributed by atoms with E-state index >= 15 is 0 Å².